The van der Waals surface area contributed by atoms with E-state index in [1.165, 1.54) is 19.3 Å². The van der Waals surface area contributed by atoms with Crippen molar-refractivity contribution < 1.29 is 9.53 Å². The molecule has 1 aromatic carbocycles. The van der Waals surface area contributed by atoms with Crippen LogP contribution < -0.4 is 15.0 Å². The van der Waals surface area contributed by atoms with Crippen molar-refractivity contribution >= 4 is 11.6 Å². The lowest BCUT2D eigenvalue weighted by Crippen LogP contribution is -2.39. The standard InChI is InChI=1S/C22H27N3O2/c1-27-20-8-4-3-7-17(20)16-22(10-11-22)24-21(26)19-15-18(9-12-23-19)25-13-5-2-6-14-25/h3-4,7-9,12,15H,2,5-6,10-11,13-14,16H2,1H3,(H,24,26). The number of benzene rings is 1. The molecule has 2 fully saturated rings. The summed E-state index contributed by atoms with van der Waals surface area (Å²) in [5.74, 6) is 0.796. The number of rotatable bonds is 6. The van der Waals surface area contributed by atoms with Crippen molar-refractivity contribution in [3.63, 3.8) is 0 Å². The van der Waals surface area contributed by atoms with Crippen molar-refractivity contribution in [1.82, 2.24) is 10.3 Å². The molecule has 2 heterocycles. The Balaban J connectivity index is 1.46. The van der Waals surface area contributed by atoms with Crippen molar-refractivity contribution in [3.05, 3.63) is 53.9 Å². The van der Waals surface area contributed by atoms with E-state index in [2.05, 4.69) is 21.3 Å². The quantitative estimate of drug-likeness (QED) is 0.850. The number of ether oxygens (including phenoxy) is 1. The Morgan fingerprint density at radius 2 is 1.96 bits per heavy atom. The van der Waals surface area contributed by atoms with E-state index in [-0.39, 0.29) is 11.4 Å². The molecule has 1 amide bonds. The van der Waals surface area contributed by atoms with Gasteiger partial charge in [-0.2, -0.15) is 0 Å². The fraction of sp³-hybridized carbons (Fsp3) is 0.455. The van der Waals surface area contributed by atoms with E-state index in [0.29, 0.717) is 5.69 Å². The van der Waals surface area contributed by atoms with Crippen LogP contribution in [0.1, 0.15) is 48.2 Å². The third-order valence-corrected chi connectivity index (χ3v) is 5.65. The van der Waals surface area contributed by atoms with Gasteiger partial charge in [-0.05, 0) is 62.3 Å². The zero-order valence-corrected chi connectivity index (χ0v) is 15.9. The van der Waals surface area contributed by atoms with Crippen LogP contribution in [0.25, 0.3) is 0 Å². The first-order chi connectivity index (χ1) is 13.2. The molecule has 1 aromatic heterocycles. The highest BCUT2D eigenvalue weighted by atomic mass is 16.5. The van der Waals surface area contributed by atoms with Gasteiger partial charge in [-0.25, -0.2) is 0 Å². The molecule has 0 unspecified atom stereocenters. The molecule has 1 aliphatic carbocycles. The van der Waals surface area contributed by atoms with Crippen LogP contribution in [0.2, 0.25) is 0 Å². The summed E-state index contributed by atoms with van der Waals surface area (Å²) < 4.78 is 5.46. The van der Waals surface area contributed by atoms with Crippen molar-refractivity contribution in [1.29, 1.82) is 0 Å². The molecule has 5 heteroatoms. The van der Waals surface area contributed by atoms with Crippen molar-refractivity contribution in [3.8, 4) is 5.75 Å². The van der Waals surface area contributed by atoms with Gasteiger partial charge in [-0.15, -0.1) is 0 Å². The molecule has 1 saturated carbocycles. The summed E-state index contributed by atoms with van der Waals surface area (Å²) in [5.41, 5.74) is 2.57. The Morgan fingerprint density at radius 3 is 2.70 bits per heavy atom. The Kier molecular flexibility index (Phi) is 5.01. The molecule has 0 atom stereocenters. The zero-order chi connectivity index (χ0) is 18.7. The number of nitrogens with zero attached hydrogens (tertiary/aromatic N) is 2. The molecule has 0 radical (unpaired) electrons. The highest BCUT2D eigenvalue weighted by Gasteiger charge is 2.44. The Hall–Kier alpha value is -2.56. The number of hydrogen-bond acceptors (Lipinski definition) is 4. The lowest BCUT2D eigenvalue weighted by molar-refractivity contribution is 0.0926. The van der Waals surface area contributed by atoms with Crippen LogP contribution >= 0.6 is 0 Å². The SMILES string of the molecule is COc1ccccc1CC1(NC(=O)c2cc(N3CCCCC3)ccn2)CC1. The normalized spacial score (nSPS) is 18.0. The molecule has 27 heavy (non-hydrogen) atoms. The first-order valence-electron chi connectivity index (χ1n) is 9.85. The number of pyridine rings is 1. The summed E-state index contributed by atoms with van der Waals surface area (Å²) in [6.45, 7) is 2.12. The number of amides is 1. The molecule has 5 nitrogen and oxygen atoms in total. The Labute approximate surface area is 160 Å². The van der Waals surface area contributed by atoms with Gasteiger partial charge in [-0.3, -0.25) is 9.78 Å². The summed E-state index contributed by atoms with van der Waals surface area (Å²) in [7, 11) is 1.69. The van der Waals surface area contributed by atoms with Gasteiger partial charge in [0.25, 0.3) is 5.91 Å². The summed E-state index contributed by atoms with van der Waals surface area (Å²) in [5, 5.41) is 3.24. The number of hydrogen-bond donors (Lipinski definition) is 1. The lowest BCUT2D eigenvalue weighted by atomic mass is 10.0. The van der Waals surface area contributed by atoms with Gasteiger partial charge >= 0.3 is 0 Å². The van der Waals surface area contributed by atoms with E-state index in [4.69, 9.17) is 4.74 Å². The van der Waals surface area contributed by atoms with Gasteiger partial charge in [0.2, 0.25) is 0 Å². The van der Waals surface area contributed by atoms with Crippen molar-refractivity contribution in [2.24, 2.45) is 0 Å². The number of methoxy groups -OCH3 is 1. The number of carbonyl (C=O) groups excluding carboxylic acids is 1. The molecule has 1 N–H and O–H groups in total. The number of piperidine rings is 1. The van der Waals surface area contributed by atoms with Crippen LogP contribution in [-0.2, 0) is 6.42 Å². The first-order valence-corrected chi connectivity index (χ1v) is 9.85. The second-order valence-corrected chi connectivity index (χ2v) is 7.67. The third-order valence-electron chi connectivity index (χ3n) is 5.65. The minimum absolute atomic E-state index is 0.0822. The van der Waals surface area contributed by atoms with Crippen LogP contribution in [0.4, 0.5) is 5.69 Å². The highest BCUT2D eigenvalue weighted by Crippen LogP contribution is 2.40. The second kappa shape index (κ2) is 7.59. The largest absolute Gasteiger partial charge is 0.496 e. The summed E-state index contributed by atoms with van der Waals surface area (Å²) >= 11 is 0. The molecule has 0 bridgehead atoms. The second-order valence-electron chi connectivity index (χ2n) is 7.67. The predicted octanol–water partition coefficient (Wildman–Crippen LogP) is 3.59. The van der Waals surface area contributed by atoms with Gasteiger partial charge in [0.15, 0.2) is 0 Å². The van der Waals surface area contributed by atoms with Crippen LogP contribution in [0.3, 0.4) is 0 Å². The number of carbonyl (C=O) groups is 1. The van der Waals surface area contributed by atoms with E-state index in [1.54, 1.807) is 13.3 Å². The van der Waals surface area contributed by atoms with Crippen molar-refractivity contribution in [2.75, 3.05) is 25.1 Å². The summed E-state index contributed by atoms with van der Waals surface area (Å²) in [6, 6.07) is 12.0. The lowest BCUT2D eigenvalue weighted by Gasteiger charge is -2.29. The van der Waals surface area contributed by atoms with Crippen LogP contribution in [-0.4, -0.2) is 36.6 Å². The molecule has 4 rings (SSSR count). The highest BCUT2D eigenvalue weighted by molar-refractivity contribution is 5.94. The van der Waals surface area contributed by atoms with E-state index in [0.717, 1.165) is 49.4 Å². The number of nitrogens with one attached hydrogen (secondary N) is 1. The third kappa shape index (κ3) is 4.07. The smallest absolute Gasteiger partial charge is 0.270 e. The number of aromatic nitrogens is 1. The Bertz CT molecular complexity index is 811. The van der Waals surface area contributed by atoms with E-state index < -0.39 is 0 Å². The maximum absolute atomic E-state index is 12.9. The fourth-order valence-corrected chi connectivity index (χ4v) is 3.91. The van der Waals surface area contributed by atoms with Crippen LogP contribution in [0.5, 0.6) is 5.75 Å². The minimum atomic E-state index is -0.172. The van der Waals surface area contributed by atoms with E-state index in [1.807, 2.05) is 30.3 Å². The van der Waals surface area contributed by atoms with Gasteiger partial charge in [-0.1, -0.05) is 18.2 Å². The van der Waals surface area contributed by atoms with Gasteiger partial charge < -0.3 is 15.0 Å². The van der Waals surface area contributed by atoms with Gasteiger partial charge in [0.05, 0.1) is 7.11 Å². The molecule has 142 valence electrons. The molecule has 2 aromatic rings. The average Bonchev–Trinajstić information content (AvgIpc) is 3.48. The molecule has 1 saturated heterocycles. The molecule has 1 aliphatic heterocycles. The van der Waals surface area contributed by atoms with Gasteiger partial charge in [0, 0.05) is 30.5 Å². The maximum Gasteiger partial charge on any atom is 0.270 e. The maximum atomic E-state index is 12.9. The summed E-state index contributed by atoms with van der Waals surface area (Å²) in [4.78, 5) is 19.5. The average molecular weight is 365 g/mol. The van der Waals surface area contributed by atoms with Crippen LogP contribution in [0.15, 0.2) is 42.6 Å². The number of anilines is 1. The zero-order valence-electron chi connectivity index (χ0n) is 15.9. The fourth-order valence-electron chi connectivity index (χ4n) is 3.91. The minimum Gasteiger partial charge on any atom is -0.496 e. The summed E-state index contributed by atoms with van der Waals surface area (Å²) in [6.07, 6.45) is 8.23. The van der Waals surface area contributed by atoms with E-state index in [9.17, 15) is 4.79 Å². The van der Waals surface area contributed by atoms with Crippen LogP contribution in [0, 0.1) is 0 Å². The molecule has 2 aliphatic rings. The molecule has 0 spiro atoms. The van der Waals surface area contributed by atoms with Crippen molar-refractivity contribution in [2.45, 2.75) is 44.1 Å². The monoisotopic (exact) mass is 365 g/mol. The van der Waals surface area contributed by atoms with E-state index >= 15 is 0 Å². The molecular weight excluding hydrogens is 338 g/mol. The van der Waals surface area contributed by atoms with Gasteiger partial charge in [0.1, 0.15) is 11.4 Å². The Morgan fingerprint density at radius 1 is 1.19 bits per heavy atom. The predicted molar refractivity (Wildman–Crippen MR) is 106 cm³/mol. The first kappa shape index (κ1) is 17.8. The molecular formula is C22H27N3O2. The topological polar surface area (TPSA) is 54.5 Å². The number of para-hydroxylation sites is 1.